The van der Waals surface area contributed by atoms with Crippen molar-refractivity contribution in [3.05, 3.63) is 125 Å². The summed E-state index contributed by atoms with van der Waals surface area (Å²) in [5, 5.41) is 5.11. The molecule has 0 saturated heterocycles. The van der Waals surface area contributed by atoms with Crippen LogP contribution in [0.1, 0.15) is 33.1 Å². The molecule has 0 bridgehead atoms. The Balaban J connectivity index is 1.33. The van der Waals surface area contributed by atoms with Gasteiger partial charge in [-0.1, -0.05) is 84.9 Å². The molecule has 0 unspecified atom stereocenters. The van der Waals surface area contributed by atoms with Gasteiger partial charge in [-0.15, -0.1) is 0 Å². The van der Waals surface area contributed by atoms with Crippen LogP contribution in [0.4, 0.5) is 9.18 Å². The van der Waals surface area contributed by atoms with Crippen LogP contribution in [0.5, 0.6) is 5.75 Å². The highest BCUT2D eigenvalue weighted by Gasteiger charge is 2.30. The highest BCUT2D eigenvalue weighted by molar-refractivity contribution is 6.06. The number of rotatable bonds is 5. The predicted molar refractivity (Wildman–Crippen MR) is 127 cm³/mol. The van der Waals surface area contributed by atoms with Gasteiger partial charge in [-0.25, -0.2) is 9.18 Å². The molecule has 0 aromatic heterocycles. The first-order valence-corrected chi connectivity index (χ1v) is 10.9. The van der Waals surface area contributed by atoms with Gasteiger partial charge >= 0.3 is 6.03 Å². The number of ether oxygens (including phenoxy) is 1. The molecule has 5 rings (SSSR count). The Hall–Kier alpha value is -4.45. The minimum Gasteiger partial charge on any atom is -0.488 e. The summed E-state index contributed by atoms with van der Waals surface area (Å²) < 4.78 is 20.3. The van der Waals surface area contributed by atoms with Crippen molar-refractivity contribution in [3.63, 3.8) is 0 Å². The Labute approximate surface area is 196 Å². The van der Waals surface area contributed by atoms with Crippen LogP contribution in [0.2, 0.25) is 0 Å². The van der Waals surface area contributed by atoms with E-state index in [9.17, 15) is 14.0 Å². The first kappa shape index (κ1) is 21.4. The second-order valence-corrected chi connectivity index (χ2v) is 7.92. The molecule has 34 heavy (non-hydrogen) atoms. The Kier molecular flexibility index (Phi) is 5.79. The summed E-state index contributed by atoms with van der Waals surface area (Å²) in [6.45, 7) is 0.159. The fourth-order valence-electron chi connectivity index (χ4n) is 4.22. The molecule has 0 fully saturated rings. The molecule has 4 aromatic carbocycles. The van der Waals surface area contributed by atoms with Crippen molar-refractivity contribution >= 4 is 11.9 Å². The fraction of sp³-hybridized carbons (Fsp3) is 0.0714. The number of halogens is 1. The quantitative estimate of drug-likeness (QED) is 0.413. The summed E-state index contributed by atoms with van der Waals surface area (Å²) in [6.07, 6.45) is 0. The average molecular weight is 452 g/mol. The van der Waals surface area contributed by atoms with Gasteiger partial charge in [-0.05, 0) is 39.9 Å². The summed E-state index contributed by atoms with van der Waals surface area (Å²) in [7, 11) is 0. The molecule has 1 aliphatic rings. The lowest BCUT2D eigenvalue weighted by Crippen LogP contribution is -2.41. The van der Waals surface area contributed by atoms with E-state index in [4.69, 9.17) is 4.74 Å². The molecule has 2 N–H and O–H groups in total. The number of nitrogens with one attached hydrogen (secondary N) is 2. The van der Waals surface area contributed by atoms with Crippen LogP contribution in [-0.2, 0) is 6.61 Å². The van der Waals surface area contributed by atoms with Gasteiger partial charge in [0, 0.05) is 0 Å². The molecule has 1 aliphatic carbocycles. The molecule has 168 valence electrons. The number of imide groups is 1. The molecule has 5 nitrogen and oxygen atoms in total. The number of urea groups is 1. The van der Waals surface area contributed by atoms with Gasteiger partial charge in [0.1, 0.15) is 23.7 Å². The van der Waals surface area contributed by atoms with Gasteiger partial charge in [0.2, 0.25) is 0 Å². The molecule has 6 heteroatoms. The summed E-state index contributed by atoms with van der Waals surface area (Å²) in [6, 6.07) is 27.9. The van der Waals surface area contributed by atoms with Crippen LogP contribution in [0, 0.1) is 5.82 Å². The number of carbonyl (C=O) groups is 2. The molecule has 3 amide bonds. The Morgan fingerprint density at radius 2 is 1.38 bits per heavy atom. The van der Waals surface area contributed by atoms with Crippen molar-refractivity contribution < 1.29 is 18.7 Å². The van der Waals surface area contributed by atoms with Gasteiger partial charge in [-0.2, -0.15) is 0 Å². The van der Waals surface area contributed by atoms with Crippen molar-refractivity contribution in [3.8, 4) is 16.9 Å². The predicted octanol–water partition coefficient (Wildman–Crippen LogP) is 5.61. The van der Waals surface area contributed by atoms with Gasteiger partial charge in [0.15, 0.2) is 0 Å². The third kappa shape index (κ3) is 4.13. The maximum Gasteiger partial charge on any atom is 0.322 e. The lowest BCUT2D eigenvalue weighted by atomic mass is 10.1. The fourth-order valence-corrected chi connectivity index (χ4v) is 4.22. The highest BCUT2D eigenvalue weighted by Crippen LogP contribution is 2.42. The smallest absolute Gasteiger partial charge is 0.322 e. The maximum absolute atomic E-state index is 14.6. The van der Waals surface area contributed by atoms with E-state index in [1.54, 1.807) is 0 Å². The zero-order chi connectivity index (χ0) is 23.5. The molecular formula is C28H21FN2O3. The van der Waals surface area contributed by atoms with E-state index in [1.165, 1.54) is 12.1 Å². The van der Waals surface area contributed by atoms with Gasteiger partial charge < -0.3 is 10.1 Å². The largest absolute Gasteiger partial charge is 0.488 e. The van der Waals surface area contributed by atoms with Gasteiger partial charge in [-0.3, -0.25) is 10.1 Å². The van der Waals surface area contributed by atoms with E-state index in [1.807, 2.05) is 78.9 Å². The molecule has 0 spiro atoms. The summed E-state index contributed by atoms with van der Waals surface area (Å²) >= 11 is 0. The molecule has 4 aromatic rings. The Morgan fingerprint density at radius 3 is 2.06 bits per heavy atom. The Bertz CT molecular complexity index is 1330. The molecule has 0 radical (unpaired) electrons. The third-order valence-electron chi connectivity index (χ3n) is 5.78. The van der Waals surface area contributed by atoms with Gasteiger partial charge in [0.05, 0.1) is 6.04 Å². The van der Waals surface area contributed by atoms with Gasteiger partial charge in [0.25, 0.3) is 5.91 Å². The van der Waals surface area contributed by atoms with Crippen LogP contribution in [-0.4, -0.2) is 11.9 Å². The SMILES string of the molecule is O=C(NC(=O)c1c(F)cccc1OCc1ccccc1)NC1c2ccccc2-c2ccccc21. The summed E-state index contributed by atoms with van der Waals surface area (Å²) in [5.74, 6) is -1.59. The number of fused-ring (bicyclic) bond motifs is 3. The zero-order valence-corrected chi connectivity index (χ0v) is 18.1. The molecular weight excluding hydrogens is 431 g/mol. The van der Waals surface area contributed by atoms with E-state index in [0.717, 1.165) is 33.9 Å². The van der Waals surface area contributed by atoms with E-state index in [2.05, 4.69) is 10.6 Å². The zero-order valence-electron chi connectivity index (χ0n) is 18.1. The standard InChI is InChI=1S/C28H21FN2O3/c29-23-15-8-16-24(34-17-18-9-2-1-3-10-18)25(23)27(32)31-28(33)30-26-21-13-6-4-11-19(21)20-12-5-7-14-22(20)26/h1-16,26H,17H2,(H2,30,31,32,33). The van der Waals surface area contributed by atoms with Crippen molar-refractivity contribution in [2.24, 2.45) is 0 Å². The van der Waals surface area contributed by atoms with E-state index >= 15 is 0 Å². The molecule has 0 aliphatic heterocycles. The minimum absolute atomic E-state index is 0.0608. The van der Waals surface area contributed by atoms with E-state index in [0.29, 0.717) is 0 Å². The van der Waals surface area contributed by atoms with Crippen LogP contribution < -0.4 is 15.4 Å². The third-order valence-corrected chi connectivity index (χ3v) is 5.78. The summed E-state index contributed by atoms with van der Waals surface area (Å²) in [4.78, 5) is 25.7. The van der Waals surface area contributed by atoms with Crippen molar-refractivity contribution in [1.29, 1.82) is 0 Å². The second-order valence-electron chi connectivity index (χ2n) is 7.92. The van der Waals surface area contributed by atoms with Crippen molar-refractivity contribution in [2.75, 3.05) is 0 Å². The second kappa shape index (κ2) is 9.19. The maximum atomic E-state index is 14.6. The van der Waals surface area contributed by atoms with Crippen LogP contribution in [0.25, 0.3) is 11.1 Å². The monoisotopic (exact) mass is 452 g/mol. The molecule has 0 heterocycles. The lowest BCUT2D eigenvalue weighted by Gasteiger charge is -2.17. The molecule has 0 atom stereocenters. The summed E-state index contributed by atoms with van der Waals surface area (Å²) in [5.41, 5.74) is 4.48. The topological polar surface area (TPSA) is 67.4 Å². The number of hydrogen-bond donors (Lipinski definition) is 2. The lowest BCUT2D eigenvalue weighted by molar-refractivity contribution is 0.0954. The first-order valence-electron chi connectivity index (χ1n) is 10.9. The minimum atomic E-state index is -0.877. The number of amides is 3. The highest BCUT2D eigenvalue weighted by atomic mass is 19.1. The van der Waals surface area contributed by atoms with E-state index in [-0.39, 0.29) is 17.9 Å². The molecule has 0 saturated carbocycles. The van der Waals surface area contributed by atoms with Crippen molar-refractivity contribution in [2.45, 2.75) is 12.6 Å². The van der Waals surface area contributed by atoms with Crippen molar-refractivity contribution in [1.82, 2.24) is 10.6 Å². The Morgan fingerprint density at radius 1 is 0.765 bits per heavy atom. The number of carbonyl (C=O) groups excluding carboxylic acids is 2. The van der Waals surface area contributed by atoms with Crippen LogP contribution in [0.15, 0.2) is 97.1 Å². The number of hydrogen-bond acceptors (Lipinski definition) is 3. The average Bonchev–Trinajstić information content (AvgIpc) is 3.17. The number of benzene rings is 4. The van der Waals surface area contributed by atoms with Crippen LogP contribution >= 0.6 is 0 Å². The normalized spacial score (nSPS) is 11.9. The first-order chi connectivity index (χ1) is 16.6. The van der Waals surface area contributed by atoms with E-state index < -0.39 is 23.8 Å². The van der Waals surface area contributed by atoms with Crippen LogP contribution in [0.3, 0.4) is 0 Å².